The van der Waals surface area contributed by atoms with Crippen molar-refractivity contribution < 1.29 is 9.66 Å². The highest BCUT2D eigenvalue weighted by atomic mass is 32.2. The number of benzene rings is 1. The molecule has 0 aliphatic rings. The average molecular weight is 292 g/mol. The summed E-state index contributed by atoms with van der Waals surface area (Å²) in [4.78, 5) is 18.5. The number of nitro groups is 1. The zero-order valence-electron chi connectivity index (χ0n) is 10.9. The van der Waals surface area contributed by atoms with E-state index >= 15 is 0 Å². The number of hydrogen-bond donors (Lipinski definition) is 1. The van der Waals surface area contributed by atoms with Crippen molar-refractivity contribution in [2.24, 2.45) is 0 Å². The van der Waals surface area contributed by atoms with Crippen LogP contribution in [0.4, 0.5) is 11.5 Å². The summed E-state index contributed by atoms with van der Waals surface area (Å²) in [5, 5.41) is 14.1. The van der Waals surface area contributed by atoms with Gasteiger partial charge in [-0.05, 0) is 18.4 Å². The zero-order chi connectivity index (χ0) is 14.5. The molecule has 0 fully saturated rings. The van der Waals surface area contributed by atoms with Crippen molar-refractivity contribution in [3.8, 4) is 11.6 Å². The SMILES string of the molecule is CNc1cc(Oc2ccc([N+](=O)[O-])cc2)nc(SC)n1. The number of thioether (sulfide) groups is 1. The van der Waals surface area contributed by atoms with E-state index in [-0.39, 0.29) is 5.69 Å². The zero-order valence-corrected chi connectivity index (χ0v) is 11.7. The summed E-state index contributed by atoms with van der Waals surface area (Å²) in [5.74, 6) is 1.49. The Bertz CT molecular complexity index is 596. The lowest BCUT2D eigenvalue weighted by molar-refractivity contribution is -0.384. The third-order valence-electron chi connectivity index (χ3n) is 2.39. The molecule has 0 amide bonds. The Labute approximate surface area is 119 Å². The molecular formula is C12H12N4O3S. The first-order valence-corrected chi connectivity index (χ1v) is 6.88. The second kappa shape index (κ2) is 6.20. The van der Waals surface area contributed by atoms with E-state index in [4.69, 9.17) is 4.74 Å². The van der Waals surface area contributed by atoms with Crippen LogP contribution >= 0.6 is 11.8 Å². The number of ether oxygens (including phenoxy) is 1. The van der Waals surface area contributed by atoms with Gasteiger partial charge in [0, 0.05) is 25.2 Å². The normalized spacial score (nSPS) is 10.1. The molecule has 2 rings (SSSR count). The topological polar surface area (TPSA) is 90.2 Å². The number of rotatable bonds is 5. The van der Waals surface area contributed by atoms with Crippen LogP contribution in [0.1, 0.15) is 0 Å². The number of aromatic nitrogens is 2. The Hall–Kier alpha value is -2.35. The first kappa shape index (κ1) is 14.1. The molecule has 8 heteroatoms. The lowest BCUT2D eigenvalue weighted by Gasteiger charge is -2.07. The van der Waals surface area contributed by atoms with Gasteiger partial charge in [-0.25, -0.2) is 4.98 Å². The molecule has 1 heterocycles. The van der Waals surface area contributed by atoms with E-state index in [1.807, 2.05) is 6.26 Å². The predicted octanol–water partition coefficient (Wildman–Crippen LogP) is 2.94. The van der Waals surface area contributed by atoms with E-state index in [9.17, 15) is 10.1 Å². The van der Waals surface area contributed by atoms with Crippen LogP contribution in [0.5, 0.6) is 11.6 Å². The molecule has 0 bridgehead atoms. The van der Waals surface area contributed by atoms with E-state index < -0.39 is 4.92 Å². The fourth-order valence-electron chi connectivity index (χ4n) is 1.43. The van der Waals surface area contributed by atoms with Gasteiger partial charge in [-0.15, -0.1) is 0 Å². The molecule has 0 aliphatic heterocycles. The van der Waals surface area contributed by atoms with Crippen LogP contribution in [0.25, 0.3) is 0 Å². The van der Waals surface area contributed by atoms with Crippen molar-refractivity contribution >= 4 is 23.3 Å². The molecule has 1 aromatic heterocycles. The second-order valence-electron chi connectivity index (χ2n) is 3.68. The van der Waals surface area contributed by atoms with Crippen LogP contribution in [0.3, 0.4) is 0 Å². The molecule has 1 aromatic carbocycles. The summed E-state index contributed by atoms with van der Waals surface area (Å²) in [6.07, 6.45) is 1.87. The van der Waals surface area contributed by atoms with Crippen molar-refractivity contribution in [3.63, 3.8) is 0 Å². The minimum atomic E-state index is -0.459. The predicted molar refractivity (Wildman–Crippen MR) is 76.5 cm³/mol. The molecule has 0 saturated carbocycles. The summed E-state index contributed by atoms with van der Waals surface area (Å²) < 4.78 is 5.57. The van der Waals surface area contributed by atoms with Gasteiger partial charge in [-0.3, -0.25) is 10.1 Å². The van der Waals surface area contributed by atoms with Crippen molar-refractivity contribution in [2.75, 3.05) is 18.6 Å². The van der Waals surface area contributed by atoms with Crippen molar-refractivity contribution in [3.05, 3.63) is 40.4 Å². The van der Waals surface area contributed by atoms with E-state index in [0.29, 0.717) is 22.6 Å². The Balaban J connectivity index is 2.22. The third-order valence-corrected chi connectivity index (χ3v) is 2.94. The van der Waals surface area contributed by atoms with E-state index in [2.05, 4.69) is 15.3 Å². The summed E-state index contributed by atoms with van der Waals surface area (Å²) in [7, 11) is 1.75. The maximum Gasteiger partial charge on any atom is 0.269 e. The molecule has 2 aromatic rings. The number of nitro benzene ring substituents is 1. The molecule has 104 valence electrons. The number of non-ortho nitro benzene ring substituents is 1. The van der Waals surface area contributed by atoms with Crippen LogP contribution in [0, 0.1) is 10.1 Å². The number of anilines is 1. The molecule has 0 radical (unpaired) electrons. The Morgan fingerprint density at radius 2 is 2.00 bits per heavy atom. The smallest absolute Gasteiger partial charge is 0.269 e. The van der Waals surface area contributed by atoms with Gasteiger partial charge in [0.15, 0.2) is 5.16 Å². The molecule has 0 aliphatic carbocycles. The van der Waals surface area contributed by atoms with Gasteiger partial charge in [0.1, 0.15) is 11.6 Å². The molecule has 0 spiro atoms. The molecule has 0 unspecified atom stereocenters. The highest BCUT2D eigenvalue weighted by Gasteiger charge is 2.08. The summed E-state index contributed by atoms with van der Waals surface area (Å²) in [5.41, 5.74) is 0.0146. The minimum absolute atomic E-state index is 0.0146. The number of nitrogens with zero attached hydrogens (tertiary/aromatic N) is 3. The number of nitrogens with one attached hydrogen (secondary N) is 1. The van der Waals surface area contributed by atoms with Gasteiger partial charge in [-0.1, -0.05) is 11.8 Å². The van der Waals surface area contributed by atoms with E-state index in [0.717, 1.165) is 0 Å². The van der Waals surface area contributed by atoms with Crippen LogP contribution in [0.15, 0.2) is 35.5 Å². The molecule has 0 saturated heterocycles. The van der Waals surface area contributed by atoms with Gasteiger partial charge >= 0.3 is 0 Å². The quantitative estimate of drug-likeness (QED) is 0.392. The summed E-state index contributed by atoms with van der Waals surface area (Å²) >= 11 is 1.40. The van der Waals surface area contributed by atoms with E-state index in [1.54, 1.807) is 13.1 Å². The Morgan fingerprint density at radius 3 is 2.55 bits per heavy atom. The summed E-state index contributed by atoms with van der Waals surface area (Å²) in [6.45, 7) is 0. The number of hydrogen-bond acceptors (Lipinski definition) is 7. The Kier molecular flexibility index (Phi) is 4.36. The first-order chi connectivity index (χ1) is 9.62. The first-order valence-electron chi connectivity index (χ1n) is 5.65. The Morgan fingerprint density at radius 1 is 1.30 bits per heavy atom. The van der Waals surface area contributed by atoms with Gasteiger partial charge in [0.2, 0.25) is 5.88 Å². The van der Waals surface area contributed by atoms with Gasteiger partial charge < -0.3 is 10.1 Å². The fraction of sp³-hybridized carbons (Fsp3) is 0.167. The van der Waals surface area contributed by atoms with Crippen molar-refractivity contribution in [1.82, 2.24) is 9.97 Å². The summed E-state index contributed by atoms with van der Waals surface area (Å²) in [6, 6.07) is 7.47. The molecule has 1 N–H and O–H groups in total. The largest absolute Gasteiger partial charge is 0.439 e. The lowest BCUT2D eigenvalue weighted by Crippen LogP contribution is -1.98. The standard InChI is InChI=1S/C12H12N4O3S/c1-13-10-7-11(15-12(14-10)20-2)19-9-5-3-8(4-6-9)16(17)18/h3-7H,1-2H3,(H,13,14,15). The maximum absolute atomic E-state index is 10.6. The van der Waals surface area contributed by atoms with Crippen LogP contribution in [-0.4, -0.2) is 28.2 Å². The van der Waals surface area contributed by atoms with Crippen LogP contribution in [-0.2, 0) is 0 Å². The highest BCUT2D eigenvalue weighted by Crippen LogP contribution is 2.25. The third kappa shape index (κ3) is 3.35. The van der Waals surface area contributed by atoms with Gasteiger partial charge in [-0.2, -0.15) is 4.98 Å². The molecule has 0 atom stereocenters. The van der Waals surface area contributed by atoms with Gasteiger partial charge in [0.25, 0.3) is 5.69 Å². The highest BCUT2D eigenvalue weighted by molar-refractivity contribution is 7.98. The molecule has 7 nitrogen and oxygen atoms in total. The average Bonchev–Trinajstić information content (AvgIpc) is 2.47. The van der Waals surface area contributed by atoms with Crippen LogP contribution in [0.2, 0.25) is 0 Å². The maximum atomic E-state index is 10.6. The monoisotopic (exact) mass is 292 g/mol. The minimum Gasteiger partial charge on any atom is -0.439 e. The van der Waals surface area contributed by atoms with Crippen LogP contribution < -0.4 is 10.1 Å². The van der Waals surface area contributed by atoms with Crippen molar-refractivity contribution in [1.29, 1.82) is 0 Å². The van der Waals surface area contributed by atoms with Gasteiger partial charge in [0.05, 0.1) is 4.92 Å². The fourth-order valence-corrected chi connectivity index (χ4v) is 1.80. The molecule has 20 heavy (non-hydrogen) atoms. The van der Waals surface area contributed by atoms with Crippen molar-refractivity contribution in [2.45, 2.75) is 5.16 Å². The lowest BCUT2D eigenvalue weighted by atomic mass is 10.3. The molecular weight excluding hydrogens is 280 g/mol. The second-order valence-corrected chi connectivity index (χ2v) is 4.45. The van der Waals surface area contributed by atoms with E-state index in [1.165, 1.54) is 36.0 Å².